The first-order chi connectivity index (χ1) is 8.93. The van der Waals surface area contributed by atoms with Gasteiger partial charge in [0.05, 0.1) is 0 Å². The molecular formula is C13H13NO5. The van der Waals surface area contributed by atoms with Crippen molar-refractivity contribution in [1.29, 1.82) is 0 Å². The number of hydroxylamine groups is 2. The number of phenols is 1. The number of carbonyl (C=O) groups is 2. The fourth-order valence-electron chi connectivity index (χ4n) is 1.45. The van der Waals surface area contributed by atoms with Crippen molar-refractivity contribution in [2.75, 3.05) is 7.05 Å². The minimum Gasteiger partial charge on any atom is -0.508 e. The average Bonchev–Trinajstić information content (AvgIpc) is 2.37. The van der Waals surface area contributed by atoms with E-state index in [1.54, 1.807) is 18.1 Å². The molecule has 0 saturated heterocycles. The maximum atomic E-state index is 11.1. The molecule has 0 aromatic heterocycles. The zero-order valence-electron chi connectivity index (χ0n) is 10.2. The SMILES string of the molecule is C#CC(=O)ON(C)[C@@H](Cc1ccc(O)cc1)C(=O)O. The largest absolute Gasteiger partial charge is 0.508 e. The predicted molar refractivity (Wildman–Crippen MR) is 65.9 cm³/mol. The molecule has 0 aliphatic heterocycles. The number of carboxylic acids is 1. The van der Waals surface area contributed by atoms with Gasteiger partial charge in [0.1, 0.15) is 11.8 Å². The second-order valence-corrected chi connectivity index (χ2v) is 3.79. The van der Waals surface area contributed by atoms with E-state index in [1.807, 2.05) is 0 Å². The lowest BCUT2D eigenvalue weighted by molar-refractivity contribution is -0.192. The molecule has 0 heterocycles. The summed E-state index contributed by atoms with van der Waals surface area (Å²) in [6.45, 7) is 0. The van der Waals surface area contributed by atoms with Gasteiger partial charge >= 0.3 is 11.9 Å². The van der Waals surface area contributed by atoms with Crippen molar-refractivity contribution in [1.82, 2.24) is 5.06 Å². The number of nitrogens with zero attached hydrogens (tertiary/aromatic N) is 1. The van der Waals surface area contributed by atoms with Crippen LogP contribution in [0.4, 0.5) is 0 Å². The van der Waals surface area contributed by atoms with Gasteiger partial charge in [-0.15, -0.1) is 11.5 Å². The van der Waals surface area contributed by atoms with Crippen LogP contribution in [-0.4, -0.2) is 40.3 Å². The Kier molecular flexibility index (Phi) is 4.92. The van der Waals surface area contributed by atoms with Crippen LogP contribution in [0.25, 0.3) is 0 Å². The van der Waals surface area contributed by atoms with Gasteiger partial charge in [-0.1, -0.05) is 12.1 Å². The van der Waals surface area contributed by atoms with Crippen LogP contribution in [0.15, 0.2) is 24.3 Å². The number of aliphatic carboxylic acids is 1. The summed E-state index contributed by atoms with van der Waals surface area (Å²) in [5.74, 6) is -0.293. The normalized spacial score (nSPS) is 11.6. The third kappa shape index (κ3) is 4.33. The average molecular weight is 263 g/mol. The summed E-state index contributed by atoms with van der Waals surface area (Å²) < 4.78 is 0. The van der Waals surface area contributed by atoms with Crippen molar-refractivity contribution in [3.63, 3.8) is 0 Å². The smallest absolute Gasteiger partial charge is 0.403 e. The van der Waals surface area contributed by atoms with Gasteiger partial charge < -0.3 is 15.1 Å². The van der Waals surface area contributed by atoms with E-state index in [-0.39, 0.29) is 12.2 Å². The lowest BCUT2D eigenvalue weighted by atomic mass is 10.1. The first-order valence-corrected chi connectivity index (χ1v) is 5.36. The van der Waals surface area contributed by atoms with Crippen LogP contribution in [0.1, 0.15) is 5.56 Å². The molecule has 19 heavy (non-hydrogen) atoms. The van der Waals surface area contributed by atoms with E-state index in [4.69, 9.17) is 16.6 Å². The Hall–Kier alpha value is -2.52. The summed E-state index contributed by atoms with van der Waals surface area (Å²) in [6, 6.07) is 5.00. The number of hydrogen-bond donors (Lipinski definition) is 2. The molecule has 0 radical (unpaired) electrons. The summed E-state index contributed by atoms with van der Waals surface area (Å²) in [6.07, 6.45) is 4.94. The van der Waals surface area contributed by atoms with E-state index in [2.05, 4.69) is 4.84 Å². The van der Waals surface area contributed by atoms with Gasteiger partial charge in [-0.25, -0.2) is 4.79 Å². The second-order valence-electron chi connectivity index (χ2n) is 3.79. The first-order valence-electron chi connectivity index (χ1n) is 5.36. The van der Waals surface area contributed by atoms with Crippen LogP contribution < -0.4 is 0 Å². The molecule has 1 aromatic carbocycles. The highest BCUT2D eigenvalue weighted by Crippen LogP contribution is 2.13. The third-order valence-electron chi connectivity index (χ3n) is 2.43. The molecule has 2 N–H and O–H groups in total. The van der Waals surface area contributed by atoms with Gasteiger partial charge in [-0.05, 0) is 17.7 Å². The Morgan fingerprint density at radius 2 is 2.00 bits per heavy atom. The molecule has 0 spiro atoms. The number of phenolic OH excluding ortho intramolecular Hbond substituents is 1. The molecular weight excluding hydrogens is 250 g/mol. The maximum Gasteiger partial charge on any atom is 0.403 e. The molecule has 1 rings (SSSR count). The van der Waals surface area contributed by atoms with E-state index in [9.17, 15) is 9.59 Å². The molecule has 0 unspecified atom stereocenters. The van der Waals surface area contributed by atoms with E-state index in [0.717, 1.165) is 5.06 Å². The third-order valence-corrected chi connectivity index (χ3v) is 2.43. The number of carboxylic acid groups (broad SMARTS) is 1. The van der Waals surface area contributed by atoms with Gasteiger partial charge in [-0.2, -0.15) is 0 Å². The molecule has 6 nitrogen and oxygen atoms in total. The summed E-state index contributed by atoms with van der Waals surface area (Å²) in [5, 5.41) is 19.2. The van der Waals surface area contributed by atoms with Crippen molar-refractivity contribution in [3.05, 3.63) is 29.8 Å². The topological polar surface area (TPSA) is 87.1 Å². The fraction of sp³-hybridized carbons (Fsp3) is 0.231. The Morgan fingerprint density at radius 1 is 1.42 bits per heavy atom. The lowest BCUT2D eigenvalue weighted by Crippen LogP contribution is -2.41. The summed E-state index contributed by atoms with van der Waals surface area (Å²) >= 11 is 0. The van der Waals surface area contributed by atoms with Crippen molar-refractivity contribution in [2.45, 2.75) is 12.5 Å². The van der Waals surface area contributed by atoms with Crippen LogP contribution in [-0.2, 0) is 20.8 Å². The van der Waals surface area contributed by atoms with Crippen molar-refractivity contribution in [3.8, 4) is 18.1 Å². The van der Waals surface area contributed by atoms with Crippen molar-refractivity contribution < 1.29 is 24.6 Å². The molecule has 100 valence electrons. The van der Waals surface area contributed by atoms with Crippen molar-refractivity contribution >= 4 is 11.9 Å². The molecule has 0 fully saturated rings. The number of terminal acetylenes is 1. The number of carbonyl (C=O) groups excluding carboxylic acids is 1. The van der Waals surface area contributed by atoms with Crippen LogP contribution in [0, 0.1) is 12.3 Å². The number of aromatic hydroxyl groups is 1. The molecule has 1 aromatic rings. The van der Waals surface area contributed by atoms with E-state index < -0.39 is 18.0 Å². The minimum atomic E-state index is -1.15. The molecule has 6 heteroatoms. The Labute approximate surface area is 110 Å². The van der Waals surface area contributed by atoms with Crippen LogP contribution in [0.2, 0.25) is 0 Å². The summed E-state index contributed by atoms with van der Waals surface area (Å²) in [7, 11) is 1.31. The lowest BCUT2D eigenvalue weighted by Gasteiger charge is -2.22. The molecule has 1 atom stereocenters. The molecule has 0 bridgehead atoms. The highest BCUT2D eigenvalue weighted by atomic mass is 16.7. The minimum absolute atomic E-state index is 0.0859. The zero-order valence-corrected chi connectivity index (χ0v) is 10.2. The maximum absolute atomic E-state index is 11.1. The molecule has 0 aliphatic rings. The molecule has 0 amide bonds. The Balaban J connectivity index is 2.78. The van der Waals surface area contributed by atoms with Gasteiger partial charge in [0.15, 0.2) is 0 Å². The van der Waals surface area contributed by atoms with E-state index >= 15 is 0 Å². The highest BCUT2D eigenvalue weighted by Gasteiger charge is 2.25. The van der Waals surface area contributed by atoms with Gasteiger partial charge in [0.2, 0.25) is 0 Å². The monoisotopic (exact) mass is 263 g/mol. The first kappa shape index (κ1) is 14.5. The summed E-state index contributed by atoms with van der Waals surface area (Å²) in [4.78, 5) is 26.7. The Morgan fingerprint density at radius 3 is 2.47 bits per heavy atom. The van der Waals surface area contributed by atoms with Gasteiger partial charge in [-0.3, -0.25) is 4.79 Å². The quantitative estimate of drug-likeness (QED) is 0.591. The van der Waals surface area contributed by atoms with Gasteiger partial charge in [0.25, 0.3) is 0 Å². The number of likely N-dealkylation sites (N-methyl/N-ethyl adjacent to an activating group) is 1. The molecule has 0 aliphatic carbocycles. The highest BCUT2D eigenvalue weighted by molar-refractivity contribution is 5.87. The van der Waals surface area contributed by atoms with E-state index in [0.29, 0.717) is 5.56 Å². The summed E-state index contributed by atoms with van der Waals surface area (Å²) in [5.41, 5.74) is 0.675. The van der Waals surface area contributed by atoms with Gasteiger partial charge in [0, 0.05) is 19.4 Å². The Bertz CT molecular complexity index is 503. The predicted octanol–water partition coefficient (Wildman–Crippen LogP) is 0.411. The van der Waals surface area contributed by atoms with Crippen LogP contribution in [0.5, 0.6) is 5.75 Å². The van der Waals surface area contributed by atoms with Crippen molar-refractivity contribution in [2.24, 2.45) is 0 Å². The molecule has 0 saturated carbocycles. The van der Waals surface area contributed by atoms with Crippen LogP contribution in [0.3, 0.4) is 0 Å². The fourth-order valence-corrected chi connectivity index (χ4v) is 1.45. The van der Waals surface area contributed by atoms with Crippen LogP contribution >= 0.6 is 0 Å². The standard InChI is InChI=1S/C13H13NO5/c1-3-12(16)19-14(2)11(13(17)18)8-9-4-6-10(15)7-5-9/h1,4-7,11,15H,8H2,2H3,(H,17,18)/t11-/m0/s1. The zero-order chi connectivity index (χ0) is 14.4. The number of hydrogen-bond acceptors (Lipinski definition) is 5. The number of benzene rings is 1. The van der Waals surface area contributed by atoms with E-state index in [1.165, 1.54) is 19.2 Å². The second kappa shape index (κ2) is 6.42. The number of rotatable bonds is 5.